The quantitative estimate of drug-likeness (QED) is 0.148. The molecule has 6 rings (SSSR count). The lowest BCUT2D eigenvalue weighted by Gasteiger charge is -2.26. The fourth-order valence-electron chi connectivity index (χ4n) is 4.58. The Balaban J connectivity index is 0.000000211. The maximum atomic E-state index is 12.7. The molecule has 0 unspecified atom stereocenters. The molecule has 0 saturated heterocycles. The van der Waals surface area contributed by atoms with E-state index in [-0.39, 0.29) is 60.4 Å². The molecule has 288 valence electrons. The van der Waals surface area contributed by atoms with Crippen LogP contribution in [0.2, 0.25) is 20.1 Å². The highest BCUT2D eigenvalue weighted by atomic mass is 79.9. The van der Waals surface area contributed by atoms with Crippen molar-refractivity contribution in [1.82, 2.24) is 4.72 Å². The molecule has 10 nitrogen and oxygen atoms in total. The first-order valence-electron chi connectivity index (χ1n) is 15.6. The minimum Gasteiger partial charge on any atom is -0.495 e. The Labute approximate surface area is 350 Å². The van der Waals surface area contributed by atoms with Crippen molar-refractivity contribution in [2.75, 3.05) is 14.2 Å². The van der Waals surface area contributed by atoms with Crippen molar-refractivity contribution in [2.24, 2.45) is 5.73 Å². The van der Waals surface area contributed by atoms with Crippen molar-refractivity contribution in [3.63, 3.8) is 0 Å². The van der Waals surface area contributed by atoms with Gasteiger partial charge in [0.2, 0.25) is 10.0 Å². The van der Waals surface area contributed by atoms with Crippen molar-refractivity contribution in [2.45, 2.75) is 60.4 Å². The molecule has 53 heavy (non-hydrogen) atoms. The van der Waals surface area contributed by atoms with Gasteiger partial charge >= 0.3 is 0 Å². The molecule has 0 radical (unpaired) electrons. The van der Waals surface area contributed by atoms with Crippen LogP contribution in [0.3, 0.4) is 0 Å². The van der Waals surface area contributed by atoms with Gasteiger partial charge in [-0.15, -0.1) is 0 Å². The molecule has 0 atom stereocenters. The summed E-state index contributed by atoms with van der Waals surface area (Å²) in [6.07, 6.45) is 6.58. The summed E-state index contributed by atoms with van der Waals surface area (Å²) < 4.78 is 74.1. The monoisotopic (exact) mass is 994 g/mol. The van der Waals surface area contributed by atoms with E-state index >= 15 is 0 Å². The van der Waals surface area contributed by atoms with Gasteiger partial charge in [0.05, 0.1) is 34.3 Å². The van der Waals surface area contributed by atoms with Crippen LogP contribution in [0.25, 0.3) is 0 Å². The summed E-state index contributed by atoms with van der Waals surface area (Å²) in [5, 5.41) is 1.14. The molecule has 2 fully saturated rings. The number of methoxy groups -OCH3 is 2. The predicted molar refractivity (Wildman–Crippen MR) is 217 cm³/mol. The minimum atomic E-state index is -3.99. The Hall–Kier alpha value is -1.69. The van der Waals surface area contributed by atoms with Crippen molar-refractivity contribution >= 4 is 108 Å². The van der Waals surface area contributed by atoms with Crippen LogP contribution in [0.15, 0.2) is 79.4 Å². The molecule has 0 spiro atoms. The fourth-order valence-corrected chi connectivity index (χ4v) is 9.65. The highest BCUT2D eigenvalue weighted by molar-refractivity contribution is 9.10. The van der Waals surface area contributed by atoms with Crippen LogP contribution in [0.5, 0.6) is 34.5 Å². The first kappa shape index (κ1) is 44.0. The standard InChI is InChI=1S/C17H16BrCl2NO4S.C13H8BrCl3O4S.C4H9N/c1-24-15-6-5-12(25-17-13(19)7-10(18)8-14(17)20)9-16(15)26(22,23)21-11-3-2-4-11;1-20-11-3-2-8(6-12(11)22(17,18)19)21-13-9(15)4-7(14)5-10(13)16;5-4-2-1-3-4/h5-9,11,21H,2-4H2,1H3;2-6H,1H3;4H,1-3,5H2. The van der Waals surface area contributed by atoms with E-state index in [1.165, 1.54) is 63.8 Å². The van der Waals surface area contributed by atoms with E-state index < -0.39 is 19.1 Å². The summed E-state index contributed by atoms with van der Waals surface area (Å²) in [7, 11) is 0.407. The van der Waals surface area contributed by atoms with Crippen LogP contribution in [0, 0.1) is 0 Å². The molecule has 4 aromatic carbocycles. The van der Waals surface area contributed by atoms with Gasteiger partial charge in [-0.2, -0.15) is 0 Å². The SMILES string of the molecule is COc1ccc(Oc2c(Cl)cc(Br)cc2Cl)cc1S(=O)(=O)Cl.COc1ccc(Oc2c(Cl)cc(Br)cc2Cl)cc1S(=O)(=O)NC1CCC1.NC1CCC1. The first-order chi connectivity index (χ1) is 24.9. The summed E-state index contributed by atoms with van der Waals surface area (Å²) in [5.74, 6) is 1.27. The molecular formula is C34H33Br2Cl5N2O8S2. The smallest absolute Gasteiger partial charge is 0.265 e. The third-order valence-electron chi connectivity index (χ3n) is 7.77. The first-order valence-corrected chi connectivity index (χ1v) is 22.5. The van der Waals surface area contributed by atoms with Gasteiger partial charge in [0, 0.05) is 43.8 Å². The predicted octanol–water partition coefficient (Wildman–Crippen LogP) is 11.4. The number of hydrogen-bond donors (Lipinski definition) is 2. The van der Waals surface area contributed by atoms with Gasteiger partial charge in [0.1, 0.15) is 32.8 Å². The average Bonchev–Trinajstić information content (AvgIpc) is 3.05. The molecule has 0 heterocycles. The Kier molecular flexibility index (Phi) is 16.2. The zero-order valence-electron chi connectivity index (χ0n) is 28.0. The van der Waals surface area contributed by atoms with Gasteiger partial charge < -0.3 is 24.7 Å². The average molecular weight is 999 g/mol. The second-order valence-electron chi connectivity index (χ2n) is 11.6. The summed E-state index contributed by atoms with van der Waals surface area (Å²) in [6.45, 7) is 0. The number of sulfonamides is 1. The third kappa shape index (κ3) is 12.4. The highest BCUT2D eigenvalue weighted by Gasteiger charge is 2.28. The second kappa shape index (κ2) is 19.4. The minimum absolute atomic E-state index is 0.00811. The third-order valence-corrected chi connectivity index (χ3v) is 12.7. The molecule has 0 aromatic heterocycles. The molecule has 0 amide bonds. The van der Waals surface area contributed by atoms with Gasteiger partial charge in [-0.1, -0.05) is 91.1 Å². The van der Waals surface area contributed by atoms with E-state index in [0.717, 1.165) is 19.3 Å². The molecule has 0 aliphatic heterocycles. The maximum absolute atomic E-state index is 12.7. The number of hydrogen-bond acceptors (Lipinski definition) is 9. The Morgan fingerprint density at radius 2 is 1.04 bits per heavy atom. The fraction of sp³-hybridized carbons (Fsp3) is 0.294. The van der Waals surface area contributed by atoms with Crippen molar-refractivity contribution < 1.29 is 35.8 Å². The molecular weight excluding hydrogens is 966 g/mol. The van der Waals surface area contributed by atoms with Crippen LogP contribution in [0.4, 0.5) is 0 Å². The van der Waals surface area contributed by atoms with Gasteiger partial charge in [-0.05, 0) is 74.2 Å². The van der Waals surface area contributed by atoms with Crippen molar-refractivity contribution in [1.29, 1.82) is 0 Å². The number of nitrogens with one attached hydrogen (secondary N) is 1. The molecule has 2 aliphatic rings. The summed E-state index contributed by atoms with van der Waals surface area (Å²) in [6, 6.07) is 15.7. The summed E-state index contributed by atoms with van der Waals surface area (Å²) in [5.41, 5.74) is 5.38. The van der Waals surface area contributed by atoms with Gasteiger partial charge in [0.15, 0.2) is 11.5 Å². The highest BCUT2D eigenvalue weighted by Crippen LogP contribution is 2.42. The van der Waals surface area contributed by atoms with Crippen molar-refractivity contribution in [3.8, 4) is 34.5 Å². The topological polar surface area (TPSA) is 143 Å². The molecule has 3 N–H and O–H groups in total. The number of benzene rings is 4. The number of nitrogens with two attached hydrogens (primary N) is 1. The van der Waals surface area contributed by atoms with Crippen LogP contribution >= 0.6 is 88.9 Å². The molecule has 2 aliphatic carbocycles. The summed E-state index contributed by atoms with van der Waals surface area (Å²) in [4.78, 5) is -0.202. The number of halogens is 7. The largest absolute Gasteiger partial charge is 0.495 e. The van der Waals surface area contributed by atoms with E-state index in [1.807, 2.05) is 0 Å². The van der Waals surface area contributed by atoms with Crippen LogP contribution in [-0.4, -0.2) is 43.1 Å². The maximum Gasteiger partial charge on any atom is 0.265 e. The van der Waals surface area contributed by atoms with Gasteiger partial charge in [-0.25, -0.2) is 21.6 Å². The second-order valence-corrected chi connectivity index (χ2v) is 19.3. The van der Waals surface area contributed by atoms with Crippen LogP contribution in [0.1, 0.15) is 38.5 Å². The molecule has 19 heteroatoms. The van der Waals surface area contributed by atoms with Crippen LogP contribution < -0.4 is 29.4 Å². The van der Waals surface area contributed by atoms with Gasteiger partial charge in [0.25, 0.3) is 9.05 Å². The lowest BCUT2D eigenvalue weighted by molar-refractivity contribution is 0.378. The Bertz CT molecular complexity index is 2110. The molecule has 4 aromatic rings. The number of ether oxygens (including phenoxy) is 4. The summed E-state index contributed by atoms with van der Waals surface area (Å²) >= 11 is 31.0. The lowest BCUT2D eigenvalue weighted by atomic mass is 9.94. The normalized spacial score (nSPS) is 14.4. The van der Waals surface area contributed by atoms with E-state index in [0.29, 0.717) is 25.0 Å². The molecule has 2 saturated carbocycles. The van der Waals surface area contributed by atoms with E-state index in [2.05, 4.69) is 36.6 Å². The zero-order valence-corrected chi connectivity index (χ0v) is 36.6. The Morgan fingerprint density at radius 1 is 0.660 bits per heavy atom. The van der Waals surface area contributed by atoms with Crippen molar-refractivity contribution in [3.05, 3.63) is 89.7 Å². The molecule has 0 bridgehead atoms. The van der Waals surface area contributed by atoms with E-state index in [4.69, 9.17) is 81.8 Å². The van der Waals surface area contributed by atoms with Crippen LogP contribution in [-0.2, 0) is 19.1 Å². The van der Waals surface area contributed by atoms with E-state index in [9.17, 15) is 16.8 Å². The zero-order chi connectivity index (χ0) is 39.1. The number of rotatable bonds is 10. The van der Waals surface area contributed by atoms with Gasteiger partial charge in [-0.3, -0.25) is 0 Å². The lowest BCUT2D eigenvalue weighted by Crippen LogP contribution is -2.39. The Morgan fingerprint density at radius 3 is 1.36 bits per heavy atom. The van der Waals surface area contributed by atoms with E-state index in [1.54, 1.807) is 30.3 Å².